The number of nitrogens with one attached hydrogen (secondary N) is 1. The lowest BCUT2D eigenvalue weighted by molar-refractivity contribution is -0.121. The van der Waals surface area contributed by atoms with Crippen molar-refractivity contribution in [1.29, 1.82) is 0 Å². The summed E-state index contributed by atoms with van der Waals surface area (Å²) >= 11 is 0. The SMILES string of the molecule is C1CCNCC1.O=CN1CCOCC1. The topological polar surface area (TPSA) is 41.6 Å². The summed E-state index contributed by atoms with van der Waals surface area (Å²) in [7, 11) is 0. The van der Waals surface area contributed by atoms with Crippen molar-refractivity contribution in [3.8, 4) is 0 Å². The smallest absolute Gasteiger partial charge is 0.209 e. The average molecular weight is 200 g/mol. The monoisotopic (exact) mass is 200 g/mol. The van der Waals surface area contributed by atoms with E-state index < -0.39 is 0 Å². The number of ether oxygens (including phenoxy) is 1. The largest absolute Gasteiger partial charge is 0.378 e. The fourth-order valence-electron chi connectivity index (χ4n) is 1.48. The molecule has 0 spiro atoms. The summed E-state index contributed by atoms with van der Waals surface area (Å²) < 4.78 is 5.00. The van der Waals surface area contributed by atoms with Crippen LogP contribution in [0.25, 0.3) is 0 Å². The summed E-state index contributed by atoms with van der Waals surface area (Å²) in [5, 5.41) is 3.28. The number of morpholine rings is 1. The second-order valence-corrected chi connectivity index (χ2v) is 3.56. The molecule has 2 aliphatic heterocycles. The molecule has 0 aliphatic carbocycles. The van der Waals surface area contributed by atoms with Gasteiger partial charge in [-0.1, -0.05) is 6.42 Å². The molecule has 4 nitrogen and oxygen atoms in total. The first-order chi connectivity index (χ1) is 6.93. The number of amides is 1. The van der Waals surface area contributed by atoms with E-state index in [0.717, 1.165) is 19.5 Å². The second kappa shape index (κ2) is 7.76. The van der Waals surface area contributed by atoms with Crippen molar-refractivity contribution in [3.05, 3.63) is 0 Å². The molecule has 14 heavy (non-hydrogen) atoms. The van der Waals surface area contributed by atoms with E-state index in [2.05, 4.69) is 5.32 Å². The molecular formula is C10H20N2O2. The van der Waals surface area contributed by atoms with Gasteiger partial charge < -0.3 is 15.0 Å². The summed E-state index contributed by atoms with van der Waals surface area (Å²) in [5.74, 6) is 0. The highest BCUT2D eigenvalue weighted by molar-refractivity contribution is 5.46. The Hall–Kier alpha value is -0.610. The fraction of sp³-hybridized carbons (Fsp3) is 0.900. The van der Waals surface area contributed by atoms with Crippen molar-refractivity contribution < 1.29 is 9.53 Å². The molecule has 2 fully saturated rings. The number of nitrogens with zero attached hydrogens (tertiary/aromatic N) is 1. The summed E-state index contributed by atoms with van der Waals surface area (Å²) in [6, 6.07) is 0. The van der Waals surface area contributed by atoms with Gasteiger partial charge in [-0.25, -0.2) is 0 Å². The van der Waals surface area contributed by atoms with Gasteiger partial charge in [0.1, 0.15) is 0 Å². The van der Waals surface area contributed by atoms with Gasteiger partial charge in [-0.2, -0.15) is 0 Å². The third-order valence-corrected chi connectivity index (χ3v) is 2.40. The molecule has 0 atom stereocenters. The Bertz CT molecular complexity index is 132. The molecular weight excluding hydrogens is 180 g/mol. The first kappa shape index (κ1) is 11.5. The van der Waals surface area contributed by atoms with Crippen LogP contribution in [0.2, 0.25) is 0 Å². The molecule has 4 heteroatoms. The van der Waals surface area contributed by atoms with Crippen LogP contribution in [0.4, 0.5) is 0 Å². The highest BCUT2D eigenvalue weighted by Gasteiger charge is 2.05. The van der Waals surface area contributed by atoms with Crippen LogP contribution in [0.5, 0.6) is 0 Å². The molecule has 1 N–H and O–H groups in total. The van der Waals surface area contributed by atoms with Crippen molar-refractivity contribution >= 4 is 6.41 Å². The van der Waals surface area contributed by atoms with Crippen molar-refractivity contribution in [2.24, 2.45) is 0 Å². The molecule has 2 aliphatic rings. The Morgan fingerprint density at radius 3 is 2.00 bits per heavy atom. The normalized spacial score (nSPS) is 22.1. The highest BCUT2D eigenvalue weighted by atomic mass is 16.5. The number of piperidine rings is 1. The minimum atomic E-state index is 0.693. The summed E-state index contributed by atoms with van der Waals surface area (Å²) in [4.78, 5) is 11.7. The molecule has 1 amide bonds. The highest BCUT2D eigenvalue weighted by Crippen LogP contribution is 1.96. The van der Waals surface area contributed by atoms with E-state index in [1.807, 2.05) is 0 Å². The maximum atomic E-state index is 10.0. The van der Waals surface area contributed by atoms with Crippen LogP contribution in [0, 0.1) is 0 Å². The van der Waals surface area contributed by atoms with Gasteiger partial charge in [0.2, 0.25) is 6.41 Å². The van der Waals surface area contributed by atoms with Crippen molar-refractivity contribution in [2.75, 3.05) is 39.4 Å². The molecule has 82 valence electrons. The van der Waals surface area contributed by atoms with Gasteiger partial charge in [0.25, 0.3) is 0 Å². The Kier molecular flexibility index (Phi) is 6.36. The maximum Gasteiger partial charge on any atom is 0.209 e. The van der Waals surface area contributed by atoms with Crippen LogP contribution in [0.3, 0.4) is 0 Å². The van der Waals surface area contributed by atoms with Crippen LogP contribution in [-0.4, -0.2) is 50.7 Å². The molecule has 2 saturated heterocycles. The molecule has 0 aromatic carbocycles. The maximum absolute atomic E-state index is 10.0. The van der Waals surface area contributed by atoms with E-state index in [4.69, 9.17) is 4.74 Å². The zero-order valence-electron chi connectivity index (χ0n) is 8.71. The number of carbonyl (C=O) groups is 1. The van der Waals surface area contributed by atoms with Gasteiger partial charge in [0.15, 0.2) is 0 Å². The van der Waals surface area contributed by atoms with E-state index in [9.17, 15) is 4.79 Å². The Balaban J connectivity index is 0.000000146. The average Bonchev–Trinajstić information content (AvgIpc) is 2.33. The van der Waals surface area contributed by atoms with Crippen molar-refractivity contribution in [2.45, 2.75) is 19.3 Å². The van der Waals surface area contributed by atoms with Crippen LogP contribution >= 0.6 is 0 Å². The Labute approximate surface area is 85.6 Å². The lowest BCUT2D eigenvalue weighted by atomic mass is 10.2. The molecule has 0 aromatic heterocycles. The summed E-state index contributed by atoms with van der Waals surface area (Å²) in [5.41, 5.74) is 0. The Morgan fingerprint density at radius 2 is 1.71 bits per heavy atom. The van der Waals surface area contributed by atoms with Gasteiger partial charge in [-0.05, 0) is 25.9 Å². The van der Waals surface area contributed by atoms with E-state index in [1.54, 1.807) is 4.90 Å². The molecule has 2 heterocycles. The fourth-order valence-corrected chi connectivity index (χ4v) is 1.48. The van der Waals surface area contributed by atoms with Crippen LogP contribution in [0.1, 0.15) is 19.3 Å². The first-order valence-corrected chi connectivity index (χ1v) is 5.41. The van der Waals surface area contributed by atoms with Gasteiger partial charge in [-0.15, -0.1) is 0 Å². The number of hydrogen-bond acceptors (Lipinski definition) is 3. The lowest BCUT2D eigenvalue weighted by Crippen LogP contribution is -2.34. The van der Waals surface area contributed by atoms with E-state index in [0.29, 0.717) is 13.2 Å². The van der Waals surface area contributed by atoms with Crippen LogP contribution < -0.4 is 5.32 Å². The van der Waals surface area contributed by atoms with Gasteiger partial charge in [0.05, 0.1) is 13.2 Å². The Morgan fingerprint density at radius 1 is 1.07 bits per heavy atom. The van der Waals surface area contributed by atoms with E-state index in [1.165, 1.54) is 32.4 Å². The van der Waals surface area contributed by atoms with Gasteiger partial charge in [0, 0.05) is 13.1 Å². The lowest BCUT2D eigenvalue weighted by Gasteiger charge is -2.21. The third kappa shape index (κ3) is 5.19. The molecule has 0 aromatic rings. The number of carbonyl (C=O) groups excluding carboxylic acids is 1. The standard InChI is InChI=1S/C5H9NO2.C5H11N/c7-5-6-1-3-8-4-2-6;1-2-4-6-5-3-1/h5H,1-4H2;6H,1-5H2. The van der Waals surface area contributed by atoms with Crippen LogP contribution in [0.15, 0.2) is 0 Å². The number of rotatable bonds is 1. The summed E-state index contributed by atoms with van der Waals surface area (Å²) in [6.45, 7) is 5.39. The van der Waals surface area contributed by atoms with Crippen molar-refractivity contribution in [1.82, 2.24) is 10.2 Å². The zero-order valence-corrected chi connectivity index (χ0v) is 8.71. The minimum Gasteiger partial charge on any atom is -0.378 e. The first-order valence-electron chi connectivity index (χ1n) is 5.41. The molecule has 0 bridgehead atoms. The summed E-state index contributed by atoms with van der Waals surface area (Å²) in [6.07, 6.45) is 5.08. The molecule has 0 unspecified atom stereocenters. The van der Waals surface area contributed by atoms with Gasteiger partial charge in [-0.3, -0.25) is 4.79 Å². The van der Waals surface area contributed by atoms with Gasteiger partial charge >= 0.3 is 0 Å². The number of hydrogen-bond donors (Lipinski definition) is 1. The predicted molar refractivity (Wildman–Crippen MR) is 55.2 cm³/mol. The van der Waals surface area contributed by atoms with E-state index >= 15 is 0 Å². The third-order valence-electron chi connectivity index (χ3n) is 2.40. The zero-order chi connectivity index (χ0) is 10.1. The molecule has 0 radical (unpaired) electrons. The second-order valence-electron chi connectivity index (χ2n) is 3.56. The molecule has 0 saturated carbocycles. The van der Waals surface area contributed by atoms with Crippen LogP contribution in [-0.2, 0) is 9.53 Å². The predicted octanol–water partition coefficient (Wildman–Crippen LogP) is 0.235. The molecule has 2 rings (SSSR count). The van der Waals surface area contributed by atoms with E-state index in [-0.39, 0.29) is 0 Å². The van der Waals surface area contributed by atoms with Crippen molar-refractivity contribution in [3.63, 3.8) is 0 Å². The minimum absolute atomic E-state index is 0.693. The quantitative estimate of drug-likeness (QED) is 0.616.